The Morgan fingerprint density at radius 2 is 1.51 bits per heavy atom. The van der Waals surface area contributed by atoms with Gasteiger partial charge in [-0.3, -0.25) is 39.1 Å². The first-order valence-corrected chi connectivity index (χ1v) is 25.9. The van der Waals surface area contributed by atoms with Crippen molar-refractivity contribution in [2.75, 3.05) is 63.8 Å². The maximum absolute atomic E-state index is 13.5. The van der Waals surface area contributed by atoms with Crippen LogP contribution in [0.5, 0.6) is 11.5 Å². The molecule has 9 rings (SSSR count). The van der Waals surface area contributed by atoms with Gasteiger partial charge >= 0.3 is 0 Å². The number of unbranched alkanes of at least 4 members (excludes halogenated alkanes) is 7. The number of likely N-dealkylation sites (tertiary alicyclic amines) is 1. The number of benzene rings is 3. The number of imide groups is 2. The number of para-hydroxylation sites is 1. The van der Waals surface area contributed by atoms with Crippen molar-refractivity contribution in [1.82, 2.24) is 44.7 Å². The van der Waals surface area contributed by atoms with Gasteiger partial charge in [-0.25, -0.2) is 14.6 Å². The largest absolute Gasteiger partial charge is 0.457 e. The lowest BCUT2D eigenvalue weighted by atomic mass is 10.0. The van der Waals surface area contributed by atoms with E-state index in [9.17, 15) is 24.0 Å². The molecule has 3 saturated heterocycles. The number of piperidine rings is 2. The Bertz CT molecular complexity index is 2700. The summed E-state index contributed by atoms with van der Waals surface area (Å²) in [6, 6.07) is 21.7. The molecule has 0 bridgehead atoms. The zero-order chi connectivity index (χ0) is 48.4. The predicted octanol–water partition coefficient (Wildman–Crippen LogP) is 7.52. The topological polar surface area (TPSA) is 189 Å². The van der Waals surface area contributed by atoms with Crippen LogP contribution in [0.1, 0.15) is 104 Å². The molecule has 3 fully saturated rings. The summed E-state index contributed by atoms with van der Waals surface area (Å²) in [6.45, 7) is 7.20. The molecule has 4 aliphatic heterocycles. The highest BCUT2D eigenvalue weighted by Crippen LogP contribution is 2.37. The summed E-state index contributed by atoms with van der Waals surface area (Å²) in [4.78, 5) is 81.7. The number of rotatable bonds is 20. The molecule has 3 N–H and O–H groups in total. The SMILES string of the molecule is Nc1ncnc2c1c(-c1ccc(Oc3ccccc3)cc1)nn2[C@@H]1CCCN(C(=O)/C=C/CN2CCN(CCCCCCCCCCSc3cccc4c3C(=O)N(C3CCC(=O)NC3=O)C4=O)CC2)C1. The monoisotopic (exact) mass is 966 g/mol. The van der Waals surface area contributed by atoms with Crippen LogP contribution in [-0.4, -0.2) is 133 Å². The number of anilines is 1. The Morgan fingerprint density at radius 1 is 0.786 bits per heavy atom. The van der Waals surface area contributed by atoms with Crippen LogP contribution >= 0.6 is 11.8 Å². The third-order valence-corrected chi connectivity index (χ3v) is 15.0. The minimum Gasteiger partial charge on any atom is -0.457 e. The van der Waals surface area contributed by atoms with Gasteiger partial charge in [0.15, 0.2) is 5.65 Å². The number of nitrogens with zero attached hydrogens (tertiary/aromatic N) is 8. The van der Waals surface area contributed by atoms with Crippen molar-refractivity contribution < 1.29 is 28.7 Å². The minimum atomic E-state index is -0.953. The molecule has 17 heteroatoms. The zero-order valence-electron chi connectivity index (χ0n) is 39.7. The lowest BCUT2D eigenvalue weighted by Gasteiger charge is -2.34. The Labute approximate surface area is 413 Å². The number of thioether (sulfide) groups is 1. The van der Waals surface area contributed by atoms with Crippen LogP contribution < -0.4 is 15.8 Å². The fraction of sp³-hybridized carbons (Fsp3) is 0.434. The molecule has 4 aliphatic rings. The second kappa shape index (κ2) is 23.0. The van der Waals surface area contributed by atoms with Gasteiger partial charge in [0.25, 0.3) is 11.8 Å². The highest BCUT2D eigenvalue weighted by molar-refractivity contribution is 7.99. The van der Waals surface area contributed by atoms with E-state index in [0.717, 1.165) is 91.8 Å². The van der Waals surface area contributed by atoms with Gasteiger partial charge in [-0.1, -0.05) is 68.9 Å². The molecule has 5 aromatic rings. The number of carbonyl (C=O) groups excluding carboxylic acids is 5. The number of ether oxygens (including phenoxy) is 1. The van der Waals surface area contributed by atoms with Crippen LogP contribution in [0.25, 0.3) is 22.3 Å². The molecular formula is C53H62N10O6S. The molecule has 0 saturated carbocycles. The normalized spacial score (nSPS) is 19.1. The van der Waals surface area contributed by atoms with Crippen LogP contribution in [0.2, 0.25) is 0 Å². The summed E-state index contributed by atoms with van der Waals surface area (Å²) >= 11 is 1.59. The summed E-state index contributed by atoms with van der Waals surface area (Å²) < 4.78 is 7.94. The number of nitrogen functional groups attached to an aromatic ring is 1. The van der Waals surface area contributed by atoms with Gasteiger partial charge in [-0.05, 0) is 92.9 Å². The molecule has 0 spiro atoms. The minimum absolute atomic E-state index is 0.0224. The van der Waals surface area contributed by atoms with Crippen molar-refractivity contribution in [1.29, 1.82) is 0 Å². The molecule has 0 radical (unpaired) electrons. The summed E-state index contributed by atoms with van der Waals surface area (Å²) in [7, 11) is 0. The van der Waals surface area contributed by atoms with Gasteiger partial charge < -0.3 is 20.3 Å². The van der Waals surface area contributed by atoms with Gasteiger partial charge in [0.05, 0.1) is 22.6 Å². The summed E-state index contributed by atoms with van der Waals surface area (Å²) in [5.74, 6) is 0.834. The molecule has 2 atom stereocenters. The maximum atomic E-state index is 13.5. The first-order valence-electron chi connectivity index (χ1n) is 24.9. The van der Waals surface area contributed by atoms with E-state index in [0.29, 0.717) is 52.5 Å². The maximum Gasteiger partial charge on any atom is 0.263 e. The quantitative estimate of drug-likeness (QED) is 0.0338. The number of fused-ring (bicyclic) bond motifs is 2. The first kappa shape index (κ1) is 48.6. The van der Waals surface area contributed by atoms with Crippen molar-refractivity contribution in [2.45, 2.75) is 94.0 Å². The average Bonchev–Trinajstić information content (AvgIpc) is 3.89. The lowest BCUT2D eigenvalue weighted by molar-refractivity contribution is -0.136. The molecule has 5 amide bonds. The van der Waals surface area contributed by atoms with E-state index in [4.69, 9.17) is 15.6 Å². The van der Waals surface area contributed by atoms with Crippen molar-refractivity contribution in [3.05, 3.63) is 102 Å². The molecule has 1 unspecified atom stereocenters. The number of carbonyl (C=O) groups is 5. The fourth-order valence-electron chi connectivity index (χ4n) is 10.0. The van der Waals surface area contributed by atoms with Crippen molar-refractivity contribution in [3.63, 3.8) is 0 Å². The van der Waals surface area contributed by atoms with E-state index in [1.165, 1.54) is 44.9 Å². The Kier molecular flexibility index (Phi) is 16.0. The van der Waals surface area contributed by atoms with Crippen LogP contribution in [0.15, 0.2) is 96.2 Å². The summed E-state index contributed by atoms with van der Waals surface area (Å²) in [6.07, 6.45) is 16.7. The molecule has 3 aromatic carbocycles. The van der Waals surface area contributed by atoms with Crippen LogP contribution in [0.4, 0.5) is 5.82 Å². The van der Waals surface area contributed by atoms with Crippen LogP contribution in [-0.2, 0) is 14.4 Å². The van der Waals surface area contributed by atoms with E-state index in [1.54, 1.807) is 30.0 Å². The highest BCUT2D eigenvalue weighted by Gasteiger charge is 2.45. The van der Waals surface area contributed by atoms with E-state index in [1.807, 2.05) is 76.3 Å². The Morgan fingerprint density at radius 3 is 2.29 bits per heavy atom. The number of nitrogens with two attached hydrogens (primary N) is 1. The van der Waals surface area contributed by atoms with Gasteiger partial charge in [0, 0.05) is 68.8 Å². The summed E-state index contributed by atoms with van der Waals surface area (Å²) in [5, 5.41) is 8.02. The van der Waals surface area contributed by atoms with E-state index in [2.05, 4.69) is 25.1 Å². The van der Waals surface area contributed by atoms with Gasteiger partial charge in [-0.15, -0.1) is 11.8 Å². The Hall–Kier alpha value is -6.43. The van der Waals surface area contributed by atoms with Crippen molar-refractivity contribution in [3.8, 4) is 22.8 Å². The summed E-state index contributed by atoms with van der Waals surface area (Å²) in [5.41, 5.74) is 9.39. The van der Waals surface area contributed by atoms with E-state index >= 15 is 0 Å². The second-order valence-corrected chi connectivity index (χ2v) is 19.8. The molecular weight excluding hydrogens is 905 g/mol. The van der Waals surface area contributed by atoms with Crippen LogP contribution in [0, 0.1) is 0 Å². The number of amides is 5. The number of hydrogen-bond acceptors (Lipinski definition) is 13. The zero-order valence-corrected chi connectivity index (χ0v) is 40.5. The smallest absolute Gasteiger partial charge is 0.263 e. The lowest BCUT2D eigenvalue weighted by Crippen LogP contribution is -2.54. The van der Waals surface area contributed by atoms with Gasteiger partial charge in [0.2, 0.25) is 17.7 Å². The fourth-order valence-corrected chi connectivity index (χ4v) is 11.1. The predicted molar refractivity (Wildman–Crippen MR) is 269 cm³/mol. The molecule has 0 aliphatic carbocycles. The van der Waals surface area contributed by atoms with Crippen LogP contribution in [0.3, 0.4) is 0 Å². The van der Waals surface area contributed by atoms with E-state index < -0.39 is 23.8 Å². The number of piperazine rings is 1. The molecule has 16 nitrogen and oxygen atoms in total. The number of nitrogens with one attached hydrogen (secondary N) is 1. The molecule has 6 heterocycles. The molecule has 366 valence electrons. The standard InChI is InChI=1S/C53H62N10O6S/c54-49-47-48(37-21-23-40(24-22-37)69-39-16-8-7-9-17-39)58-63(50(47)56-36-55-49)38-15-13-29-61(35-38)45(65)20-14-28-60-32-30-59(31-33-60)27-10-5-3-1-2-4-6-11-34-70-43-19-12-18-41-46(43)53(68)62(52(41)67)42-25-26-44(64)57-51(42)66/h7-9,12,14,16-24,36,38,42H,1-6,10-11,13,15,25-35H2,(H2,54,55,56)(H,57,64,66)/b20-14+/t38-,42?/m1/s1. The van der Waals surface area contributed by atoms with Gasteiger partial charge in [0.1, 0.15) is 35.4 Å². The second-order valence-electron chi connectivity index (χ2n) is 18.6. The van der Waals surface area contributed by atoms with Crippen molar-refractivity contribution >= 4 is 58.1 Å². The van der Waals surface area contributed by atoms with Crippen molar-refractivity contribution in [2.24, 2.45) is 0 Å². The third-order valence-electron chi connectivity index (χ3n) is 13.8. The Balaban J connectivity index is 0.638. The first-order chi connectivity index (χ1) is 34.2. The third kappa shape index (κ3) is 11.4. The molecule has 70 heavy (non-hydrogen) atoms. The average molecular weight is 967 g/mol. The van der Waals surface area contributed by atoms with Gasteiger partial charge in [-0.2, -0.15) is 5.10 Å². The number of hydrogen-bond donors (Lipinski definition) is 2. The highest BCUT2D eigenvalue weighted by atomic mass is 32.2. The number of aromatic nitrogens is 4. The van der Waals surface area contributed by atoms with E-state index in [-0.39, 0.29) is 30.7 Å². The molecule has 2 aromatic heterocycles.